The lowest BCUT2D eigenvalue weighted by molar-refractivity contribution is 0.836. The van der Waals surface area contributed by atoms with Crippen molar-refractivity contribution in [3.8, 4) is 0 Å². The number of hydrogen-bond acceptors (Lipinski definition) is 1. The third-order valence-electron chi connectivity index (χ3n) is 3.56. The first-order valence-electron chi connectivity index (χ1n) is 6.79. The van der Waals surface area contributed by atoms with Crippen LogP contribution >= 0.6 is 11.6 Å². The Balaban J connectivity index is 1.98. The number of benzene rings is 2. The second-order valence-corrected chi connectivity index (χ2v) is 5.40. The Morgan fingerprint density at radius 2 is 1.90 bits per heavy atom. The molecule has 0 amide bonds. The molecule has 2 N–H and O–H groups in total. The number of aromatic nitrogens is 1. The van der Waals surface area contributed by atoms with Crippen molar-refractivity contribution in [3.63, 3.8) is 0 Å². The highest BCUT2D eigenvalue weighted by molar-refractivity contribution is 6.30. The molecule has 2 aromatic carbocycles. The lowest BCUT2D eigenvalue weighted by Gasteiger charge is -2.07. The molecule has 3 rings (SSSR count). The van der Waals surface area contributed by atoms with Gasteiger partial charge in [0.25, 0.3) is 0 Å². The van der Waals surface area contributed by atoms with Gasteiger partial charge in [-0.2, -0.15) is 0 Å². The summed E-state index contributed by atoms with van der Waals surface area (Å²) in [4.78, 5) is 0. The molecule has 0 aliphatic heterocycles. The monoisotopic (exact) mass is 284 g/mol. The topological polar surface area (TPSA) is 30.9 Å². The van der Waals surface area contributed by atoms with Crippen LogP contribution in [0.5, 0.6) is 0 Å². The summed E-state index contributed by atoms with van der Waals surface area (Å²) in [5, 5.41) is 2.07. The second-order valence-electron chi connectivity index (χ2n) is 4.96. The van der Waals surface area contributed by atoms with Crippen LogP contribution in [-0.4, -0.2) is 11.1 Å². The molecule has 0 bridgehead atoms. The van der Waals surface area contributed by atoms with E-state index in [1.54, 1.807) is 0 Å². The Morgan fingerprint density at radius 3 is 2.70 bits per heavy atom. The molecule has 0 spiro atoms. The van der Waals surface area contributed by atoms with E-state index in [4.69, 9.17) is 17.3 Å². The molecular weight excluding hydrogens is 268 g/mol. The van der Waals surface area contributed by atoms with Crippen LogP contribution in [0.1, 0.15) is 11.1 Å². The summed E-state index contributed by atoms with van der Waals surface area (Å²) in [7, 11) is 0. The van der Waals surface area contributed by atoms with E-state index in [0.29, 0.717) is 6.54 Å². The largest absolute Gasteiger partial charge is 0.343 e. The third kappa shape index (κ3) is 2.58. The molecule has 0 saturated heterocycles. The highest BCUT2D eigenvalue weighted by Crippen LogP contribution is 2.22. The second kappa shape index (κ2) is 5.70. The molecule has 3 heteroatoms. The fourth-order valence-corrected chi connectivity index (χ4v) is 2.84. The standard InChI is InChI=1S/C17H17ClN2/c18-15-5-1-3-13(11-15)12-20-10-8-16-14(7-9-19)4-2-6-17(16)20/h1-6,8,10-11H,7,9,12,19H2. The average molecular weight is 285 g/mol. The SMILES string of the molecule is NCCc1cccc2c1ccn2Cc1cccc(Cl)c1. The molecule has 0 radical (unpaired) electrons. The summed E-state index contributed by atoms with van der Waals surface area (Å²) < 4.78 is 2.25. The van der Waals surface area contributed by atoms with Gasteiger partial charge in [-0.3, -0.25) is 0 Å². The van der Waals surface area contributed by atoms with Crippen LogP contribution in [0.3, 0.4) is 0 Å². The van der Waals surface area contributed by atoms with Gasteiger partial charge < -0.3 is 10.3 Å². The van der Waals surface area contributed by atoms with Crippen LogP contribution in [0, 0.1) is 0 Å². The maximum Gasteiger partial charge on any atom is 0.0486 e. The van der Waals surface area contributed by atoms with Crippen molar-refractivity contribution in [2.75, 3.05) is 6.54 Å². The Labute approximate surface area is 123 Å². The van der Waals surface area contributed by atoms with Gasteiger partial charge in [0.1, 0.15) is 0 Å². The van der Waals surface area contributed by atoms with E-state index < -0.39 is 0 Å². The van der Waals surface area contributed by atoms with E-state index in [2.05, 4.69) is 41.1 Å². The van der Waals surface area contributed by atoms with Gasteiger partial charge in [0, 0.05) is 28.7 Å². The van der Waals surface area contributed by atoms with Gasteiger partial charge in [-0.25, -0.2) is 0 Å². The molecule has 0 aliphatic carbocycles. The van der Waals surface area contributed by atoms with Gasteiger partial charge in [-0.15, -0.1) is 0 Å². The molecule has 0 aliphatic rings. The zero-order valence-corrected chi connectivity index (χ0v) is 12.0. The van der Waals surface area contributed by atoms with Gasteiger partial charge in [0.15, 0.2) is 0 Å². The molecule has 1 aromatic heterocycles. The molecule has 102 valence electrons. The first-order valence-corrected chi connectivity index (χ1v) is 7.17. The van der Waals surface area contributed by atoms with Crippen LogP contribution in [-0.2, 0) is 13.0 Å². The van der Waals surface area contributed by atoms with E-state index in [1.807, 2.05) is 18.2 Å². The van der Waals surface area contributed by atoms with Gasteiger partial charge in [0.05, 0.1) is 0 Å². The minimum Gasteiger partial charge on any atom is -0.343 e. The molecule has 0 fully saturated rings. The fraction of sp³-hybridized carbons (Fsp3) is 0.176. The van der Waals surface area contributed by atoms with Crippen molar-refractivity contribution in [1.82, 2.24) is 4.57 Å². The van der Waals surface area contributed by atoms with E-state index in [1.165, 1.54) is 22.0 Å². The fourth-order valence-electron chi connectivity index (χ4n) is 2.63. The van der Waals surface area contributed by atoms with Crippen molar-refractivity contribution in [2.45, 2.75) is 13.0 Å². The smallest absolute Gasteiger partial charge is 0.0486 e. The molecule has 0 atom stereocenters. The highest BCUT2D eigenvalue weighted by atomic mass is 35.5. The lowest BCUT2D eigenvalue weighted by Crippen LogP contribution is -2.03. The molecule has 0 saturated carbocycles. The van der Waals surface area contributed by atoms with Crippen molar-refractivity contribution >= 4 is 22.5 Å². The van der Waals surface area contributed by atoms with Crippen LogP contribution in [0.25, 0.3) is 10.9 Å². The van der Waals surface area contributed by atoms with E-state index in [9.17, 15) is 0 Å². The van der Waals surface area contributed by atoms with E-state index >= 15 is 0 Å². The summed E-state index contributed by atoms with van der Waals surface area (Å²) >= 11 is 6.05. The number of rotatable bonds is 4. The van der Waals surface area contributed by atoms with Crippen molar-refractivity contribution in [2.24, 2.45) is 5.73 Å². The van der Waals surface area contributed by atoms with E-state index in [-0.39, 0.29) is 0 Å². The van der Waals surface area contributed by atoms with Gasteiger partial charge in [0.2, 0.25) is 0 Å². The van der Waals surface area contributed by atoms with Crippen molar-refractivity contribution in [1.29, 1.82) is 0 Å². The van der Waals surface area contributed by atoms with Crippen LogP contribution in [0.2, 0.25) is 5.02 Å². The summed E-state index contributed by atoms with van der Waals surface area (Å²) in [6.07, 6.45) is 3.05. The summed E-state index contributed by atoms with van der Waals surface area (Å²) in [6.45, 7) is 1.51. The molecular formula is C17H17ClN2. The summed E-state index contributed by atoms with van der Waals surface area (Å²) in [5.41, 5.74) is 9.45. The lowest BCUT2D eigenvalue weighted by atomic mass is 10.1. The number of fused-ring (bicyclic) bond motifs is 1. The predicted molar refractivity (Wildman–Crippen MR) is 85.3 cm³/mol. The maximum absolute atomic E-state index is 6.05. The Bertz CT molecular complexity index is 731. The number of hydrogen-bond donors (Lipinski definition) is 1. The minimum absolute atomic E-state index is 0.679. The molecule has 2 nitrogen and oxygen atoms in total. The van der Waals surface area contributed by atoms with Crippen LogP contribution < -0.4 is 5.73 Å². The zero-order chi connectivity index (χ0) is 13.9. The number of nitrogens with zero attached hydrogens (tertiary/aromatic N) is 1. The minimum atomic E-state index is 0.679. The van der Waals surface area contributed by atoms with Gasteiger partial charge in [-0.1, -0.05) is 35.9 Å². The van der Waals surface area contributed by atoms with E-state index in [0.717, 1.165) is 18.0 Å². The molecule has 20 heavy (non-hydrogen) atoms. The highest BCUT2D eigenvalue weighted by Gasteiger charge is 2.05. The van der Waals surface area contributed by atoms with Gasteiger partial charge in [-0.05, 0) is 48.4 Å². The normalized spacial score (nSPS) is 11.1. The van der Waals surface area contributed by atoms with Gasteiger partial charge >= 0.3 is 0 Å². The Kier molecular flexibility index (Phi) is 3.77. The Hall–Kier alpha value is -1.77. The average Bonchev–Trinajstić information content (AvgIpc) is 2.84. The number of halogens is 1. The van der Waals surface area contributed by atoms with Crippen LogP contribution in [0.4, 0.5) is 0 Å². The molecule has 0 unspecified atom stereocenters. The summed E-state index contributed by atoms with van der Waals surface area (Å²) in [6, 6.07) is 16.6. The third-order valence-corrected chi connectivity index (χ3v) is 3.79. The Morgan fingerprint density at radius 1 is 1.05 bits per heavy atom. The first kappa shape index (κ1) is 13.2. The zero-order valence-electron chi connectivity index (χ0n) is 11.2. The molecule has 1 heterocycles. The predicted octanol–water partition coefficient (Wildman–Crippen LogP) is 3.84. The van der Waals surface area contributed by atoms with Crippen LogP contribution in [0.15, 0.2) is 54.7 Å². The first-order chi connectivity index (χ1) is 9.78. The number of nitrogens with two attached hydrogens (primary N) is 1. The quantitative estimate of drug-likeness (QED) is 0.775. The van der Waals surface area contributed by atoms with Crippen molar-refractivity contribution < 1.29 is 0 Å². The molecule has 3 aromatic rings. The van der Waals surface area contributed by atoms with Crippen molar-refractivity contribution in [3.05, 3.63) is 70.9 Å². The summed E-state index contributed by atoms with van der Waals surface area (Å²) in [5.74, 6) is 0. The maximum atomic E-state index is 6.05.